The van der Waals surface area contributed by atoms with Crippen LogP contribution in [0.25, 0.3) is 11.1 Å². The van der Waals surface area contributed by atoms with Gasteiger partial charge in [0.05, 0.1) is 0 Å². The van der Waals surface area contributed by atoms with Crippen LogP contribution in [0.1, 0.15) is 5.56 Å². The molecule has 0 unspecified atom stereocenters. The third-order valence-corrected chi connectivity index (χ3v) is 3.64. The quantitative estimate of drug-likeness (QED) is 0.888. The molecule has 3 rings (SSSR count). The molecular formula is C13H12FNOS. The van der Waals surface area contributed by atoms with Crippen molar-refractivity contribution in [2.24, 2.45) is 5.73 Å². The van der Waals surface area contributed by atoms with Crippen molar-refractivity contribution < 1.29 is 9.13 Å². The zero-order chi connectivity index (χ0) is 11.8. The highest BCUT2D eigenvalue weighted by molar-refractivity contribution is 7.08. The first-order valence-electron chi connectivity index (χ1n) is 5.49. The Bertz CT molecular complexity index is 539. The molecule has 1 aliphatic rings. The number of nitrogens with two attached hydrogens (primary N) is 1. The molecule has 2 N–H and O–H groups in total. The molecule has 88 valence electrons. The highest BCUT2D eigenvalue weighted by Crippen LogP contribution is 2.40. The molecule has 0 amide bonds. The molecule has 17 heavy (non-hydrogen) atoms. The summed E-state index contributed by atoms with van der Waals surface area (Å²) in [7, 11) is 0. The lowest BCUT2D eigenvalue weighted by Crippen LogP contribution is -2.24. The molecule has 1 aromatic heterocycles. The summed E-state index contributed by atoms with van der Waals surface area (Å²) in [4.78, 5) is 0. The topological polar surface area (TPSA) is 35.2 Å². The van der Waals surface area contributed by atoms with Gasteiger partial charge in [-0.25, -0.2) is 4.39 Å². The summed E-state index contributed by atoms with van der Waals surface area (Å²) in [5.41, 5.74) is 8.36. The fraction of sp³-hybridized carbons (Fsp3) is 0.231. The van der Waals surface area contributed by atoms with Crippen LogP contribution in [0, 0.1) is 5.82 Å². The smallest absolute Gasteiger partial charge is 0.131 e. The van der Waals surface area contributed by atoms with Gasteiger partial charge in [-0.1, -0.05) is 0 Å². The predicted molar refractivity (Wildman–Crippen MR) is 66.9 cm³/mol. The Morgan fingerprint density at radius 3 is 3.06 bits per heavy atom. The Labute approximate surface area is 103 Å². The van der Waals surface area contributed by atoms with E-state index in [4.69, 9.17) is 10.5 Å². The van der Waals surface area contributed by atoms with Crippen molar-refractivity contribution in [3.8, 4) is 16.9 Å². The molecule has 0 radical (unpaired) electrons. The molecule has 1 aromatic carbocycles. The average Bonchev–Trinajstić information content (AvgIpc) is 2.96. The van der Waals surface area contributed by atoms with Crippen LogP contribution >= 0.6 is 11.3 Å². The summed E-state index contributed by atoms with van der Waals surface area (Å²) in [6.45, 7) is 0.458. The number of hydrogen-bond donors (Lipinski definition) is 1. The number of hydrogen-bond acceptors (Lipinski definition) is 3. The Morgan fingerprint density at radius 2 is 2.35 bits per heavy atom. The normalized spacial score (nSPS) is 17.9. The van der Waals surface area contributed by atoms with Crippen LogP contribution in [0.15, 0.2) is 29.0 Å². The van der Waals surface area contributed by atoms with Crippen LogP contribution in [0.5, 0.6) is 5.75 Å². The largest absolute Gasteiger partial charge is 0.488 e. The first-order valence-corrected chi connectivity index (χ1v) is 6.44. The van der Waals surface area contributed by atoms with Gasteiger partial charge in [0.1, 0.15) is 17.7 Å². The Kier molecular flexibility index (Phi) is 2.61. The summed E-state index contributed by atoms with van der Waals surface area (Å²) < 4.78 is 19.3. The molecule has 0 saturated heterocycles. The van der Waals surface area contributed by atoms with Crippen molar-refractivity contribution in [2.75, 3.05) is 6.54 Å². The van der Waals surface area contributed by atoms with Gasteiger partial charge in [-0.05, 0) is 34.5 Å². The first kappa shape index (κ1) is 10.7. The van der Waals surface area contributed by atoms with E-state index < -0.39 is 0 Å². The van der Waals surface area contributed by atoms with Crippen LogP contribution in [0.2, 0.25) is 0 Å². The number of halogens is 1. The van der Waals surface area contributed by atoms with Gasteiger partial charge in [-0.15, -0.1) is 0 Å². The summed E-state index contributed by atoms with van der Waals surface area (Å²) in [5, 5.41) is 3.97. The van der Waals surface area contributed by atoms with Crippen LogP contribution in [0.3, 0.4) is 0 Å². The van der Waals surface area contributed by atoms with Crippen LogP contribution in [-0.4, -0.2) is 12.6 Å². The maximum absolute atomic E-state index is 13.6. The molecule has 0 aliphatic carbocycles. The van der Waals surface area contributed by atoms with E-state index in [9.17, 15) is 4.39 Å². The molecule has 4 heteroatoms. The van der Waals surface area contributed by atoms with Crippen molar-refractivity contribution in [1.82, 2.24) is 0 Å². The van der Waals surface area contributed by atoms with Gasteiger partial charge in [-0.2, -0.15) is 11.3 Å². The number of benzene rings is 1. The lowest BCUT2D eigenvalue weighted by molar-refractivity contribution is 0.242. The summed E-state index contributed by atoms with van der Waals surface area (Å²) in [6, 6.07) is 5.04. The minimum atomic E-state index is -0.216. The summed E-state index contributed by atoms with van der Waals surface area (Å²) in [5.74, 6) is 0.575. The van der Waals surface area contributed by atoms with Gasteiger partial charge < -0.3 is 10.5 Å². The molecule has 0 saturated carbocycles. The van der Waals surface area contributed by atoms with Crippen LogP contribution in [-0.2, 0) is 6.42 Å². The molecule has 1 atom stereocenters. The van der Waals surface area contributed by atoms with Gasteiger partial charge >= 0.3 is 0 Å². The fourth-order valence-electron chi connectivity index (χ4n) is 2.16. The van der Waals surface area contributed by atoms with E-state index in [1.54, 1.807) is 17.4 Å². The van der Waals surface area contributed by atoms with E-state index in [1.807, 2.05) is 16.8 Å². The molecule has 0 bridgehead atoms. The van der Waals surface area contributed by atoms with Crippen molar-refractivity contribution in [3.63, 3.8) is 0 Å². The number of ether oxygens (including phenoxy) is 1. The molecule has 0 fully saturated rings. The first-order chi connectivity index (χ1) is 8.28. The summed E-state index contributed by atoms with van der Waals surface area (Å²) in [6.07, 6.45) is 0.671. The number of fused-ring (bicyclic) bond motifs is 1. The third kappa shape index (κ3) is 1.83. The maximum Gasteiger partial charge on any atom is 0.131 e. The second-order valence-electron chi connectivity index (χ2n) is 4.13. The van der Waals surface area contributed by atoms with Crippen molar-refractivity contribution in [3.05, 3.63) is 40.3 Å². The lowest BCUT2D eigenvalue weighted by Gasteiger charge is -2.10. The van der Waals surface area contributed by atoms with Crippen molar-refractivity contribution >= 4 is 11.3 Å². The van der Waals surface area contributed by atoms with Crippen LogP contribution in [0.4, 0.5) is 4.39 Å². The maximum atomic E-state index is 13.6. The molecule has 2 heterocycles. The molecular weight excluding hydrogens is 237 g/mol. The van der Waals surface area contributed by atoms with Crippen molar-refractivity contribution in [2.45, 2.75) is 12.5 Å². The van der Waals surface area contributed by atoms with Gasteiger partial charge in [0, 0.05) is 24.1 Å². The van der Waals surface area contributed by atoms with Gasteiger partial charge in [0.15, 0.2) is 0 Å². The average molecular weight is 249 g/mol. The van der Waals surface area contributed by atoms with E-state index in [0.717, 1.165) is 22.4 Å². The molecule has 2 nitrogen and oxygen atoms in total. The minimum Gasteiger partial charge on any atom is -0.488 e. The van der Waals surface area contributed by atoms with E-state index in [0.29, 0.717) is 13.0 Å². The number of thiophene rings is 1. The lowest BCUT2D eigenvalue weighted by atomic mass is 10.0. The highest BCUT2D eigenvalue weighted by Gasteiger charge is 2.25. The van der Waals surface area contributed by atoms with Crippen molar-refractivity contribution in [1.29, 1.82) is 0 Å². The van der Waals surface area contributed by atoms with Gasteiger partial charge in [0.25, 0.3) is 0 Å². The van der Waals surface area contributed by atoms with Gasteiger partial charge in [0.2, 0.25) is 0 Å². The molecule has 1 aliphatic heterocycles. The number of rotatable bonds is 2. The van der Waals surface area contributed by atoms with E-state index in [-0.39, 0.29) is 11.9 Å². The standard InChI is InChI=1S/C13H12FNOS/c14-10-3-9-4-11(6-15)16-13(9)12(5-10)8-1-2-17-7-8/h1-3,5,7,11H,4,6,15H2/t11-/m1/s1. The molecule has 0 spiro atoms. The fourth-order valence-corrected chi connectivity index (χ4v) is 2.81. The van der Waals surface area contributed by atoms with E-state index in [2.05, 4.69) is 0 Å². The SMILES string of the molecule is NC[C@H]1Cc2cc(F)cc(-c3ccsc3)c2O1. The summed E-state index contributed by atoms with van der Waals surface area (Å²) >= 11 is 1.59. The zero-order valence-corrected chi connectivity index (χ0v) is 9.97. The zero-order valence-electron chi connectivity index (χ0n) is 9.15. The van der Waals surface area contributed by atoms with Gasteiger partial charge in [-0.3, -0.25) is 0 Å². The Balaban J connectivity index is 2.12. The monoisotopic (exact) mass is 249 g/mol. The Morgan fingerprint density at radius 1 is 1.47 bits per heavy atom. The Hall–Kier alpha value is -1.39. The van der Waals surface area contributed by atoms with E-state index in [1.165, 1.54) is 6.07 Å². The van der Waals surface area contributed by atoms with Crippen LogP contribution < -0.4 is 10.5 Å². The molecule has 2 aromatic rings. The minimum absolute atomic E-state index is 0.0239. The predicted octanol–water partition coefficient (Wildman–Crippen LogP) is 2.82. The third-order valence-electron chi connectivity index (χ3n) is 2.96. The second-order valence-corrected chi connectivity index (χ2v) is 4.91. The second kappa shape index (κ2) is 4.13. The highest BCUT2D eigenvalue weighted by atomic mass is 32.1. The van der Waals surface area contributed by atoms with E-state index >= 15 is 0 Å².